The van der Waals surface area contributed by atoms with Crippen LogP contribution in [0.2, 0.25) is 0 Å². The molecule has 0 N–H and O–H groups in total. The van der Waals surface area contributed by atoms with Crippen molar-refractivity contribution in [3.8, 4) is 0 Å². The van der Waals surface area contributed by atoms with Crippen LogP contribution in [-0.2, 0) is 14.1 Å². The summed E-state index contributed by atoms with van der Waals surface area (Å²) in [4.78, 5) is 48.5. The smallest absolute Gasteiger partial charge is 0.332 e. The van der Waals surface area contributed by atoms with Gasteiger partial charge in [0.15, 0.2) is 0 Å². The highest BCUT2D eigenvalue weighted by Crippen LogP contribution is 2.34. The summed E-state index contributed by atoms with van der Waals surface area (Å²) in [6.07, 6.45) is 3.15. The van der Waals surface area contributed by atoms with Crippen LogP contribution in [-0.4, -0.2) is 43.0 Å². The Balaban J connectivity index is 1.37. The molecule has 158 valence electrons. The van der Waals surface area contributed by atoms with E-state index in [0.717, 1.165) is 27.9 Å². The van der Waals surface area contributed by atoms with Crippen LogP contribution in [0.3, 0.4) is 0 Å². The largest absolute Gasteiger partial charge is 0.339 e. The van der Waals surface area contributed by atoms with Crippen LogP contribution in [0.15, 0.2) is 46.1 Å². The molecule has 4 aromatic rings. The average Bonchev–Trinajstić information content (AvgIpc) is 3.25. The minimum Gasteiger partial charge on any atom is -0.339 e. The number of hydrogen-bond donors (Lipinski definition) is 0. The van der Waals surface area contributed by atoms with Gasteiger partial charge in [0.2, 0.25) is 0 Å². The number of fused-ring (bicyclic) bond motifs is 2. The molecule has 0 aliphatic carbocycles. The molecule has 1 aliphatic heterocycles. The van der Waals surface area contributed by atoms with E-state index in [0.29, 0.717) is 24.6 Å². The number of pyridine rings is 1. The van der Waals surface area contributed by atoms with Crippen molar-refractivity contribution in [2.24, 2.45) is 14.1 Å². The first-order valence-corrected chi connectivity index (χ1v) is 11.0. The van der Waals surface area contributed by atoms with Gasteiger partial charge in [-0.1, -0.05) is 12.1 Å². The lowest BCUT2D eigenvalue weighted by molar-refractivity contribution is 0.0712. The molecule has 8 nitrogen and oxygen atoms in total. The second-order valence-electron chi connectivity index (χ2n) is 7.89. The highest BCUT2D eigenvalue weighted by atomic mass is 32.1. The van der Waals surface area contributed by atoms with E-state index in [9.17, 15) is 14.4 Å². The Kier molecular flexibility index (Phi) is 4.70. The summed E-state index contributed by atoms with van der Waals surface area (Å²) in [5.74, 6) is 0.200. The standard InChI is InChI=1S/C22H21N5O3S/c1-25-18-15(21(29)26(2)22(25)30)11-14(12-23-18)20(28)27-9-7-13(8-10-27)19-24-16-5-3-4-6-17(16)31-19/h3-6,11-13H,7-10H2,1-2H3. The van der Waals surface area contributed by atoms with Crippen molar-refractivity contribution in [2.75, 3.05) is 13.1 Å². The van der Waals surface area contributed by atoms with Gasteiger partial charge in [0.1, 0.15) is 5.65 Å². The van der Waals surface area contributed by atoms with Gasteiger partial charge in [0.05, 0.1) is 26.2 Å². The van der Waals surface area contributed by atoms with E-state index in [1.165, 1.54) is 22.5 Å². The molecular weight excluding hydrogens is 414 g/mol. The van der Waals surface area contributed by atoms with Crippen molar-refractivity contribution in [2.45, 2.75) is 18.8 Å². The van der Waals surface area contributed by atoms with Crippen LogP contribution < -0.4 is 11.2 Å². The lowest BCUT2D eigenvalue weighted by atomic mass is 9.97. The summed E-state index contributed by atoms with van der Waals surface area (Å²) in [7, 11) is 2.98. The maximum Gasteiger partial charge on any atom is 0.332 e. The molecule has 1 saturated heterocycles. The van der Waals surface area contributed by atoms with E-state index in [2.05, 4.69) is 11.1 Å². The summed E-state index contributed by atoms with van der Waals surface area (Å²) in [6, 6.07) is 9.68. The number of amides is 1. The van der Waals surface area contributed by atoms with Gasteiger partial charge in [0.25, 0.3) is 11.5 Å². The fourth-order valence-electron chi connectivity index (χ4n) is 4.16. The summed E-state index contributed by atoms with van der Waals surface area (Å²) in [5.41, 5.74) is 0.774. The van der Waals surface area contributed by atoms with E-state index < -0.39 is 11.2 Å². The molecule has 1 amide bonds. The normalized spacial score (nSPS) is 15.1. The number of nitrogens with zero attached hydrogens (tertiary/aromatic N) is 5. The summed E-state index contributed by atoms with van der Waals surface area (Å²) in [5, 5.41) is 1.39. The third-order valence-electron chi connectivity index (χ3n) is 5.98. The molecule has 0 saturated carbocycles. The van der Waals surface area contributed by atoms with Gasteiger partial charge in [-0.3, -0.25) is 18.7 Å². The number of para-hydroxylation sites is 1. The minimum atomic E-state index is -0.449. The van der Waals surface area contributed by atoms with Crippen molar-refractivity contribution in [1.29, 1.82) is 0 Å². The maximum absolute atomic E-state index is 13.1. The summed E-state index contributed by atoms with van der Waals surface area (Å²) >= 11 is 1.73. The van der Waals surface area contributed by atoms with Gasteiger partial charge < -0.3 is 4.90 Å². The second-order valence-corrected chi connectivity index (χ2v) is 8.95. The quantitative estimate of drug-likeness (QED) is 0.482. The Morgan fingerprint density at radius 1 is 1.10 bits per heavy atom. The number of hydrogen-bond acceptors (Lipinski definition) is 6. The molecule has 3 aromatic heterocycles. The van der Waals surface area contributed by atoms with E-state index in [-0.39, 0.29) is 16.9 Å². The van der Waals surface area contributed by atoms with Crippen molar-refractivity contribution in [1.82, 2.24) is 24.0 Å². The Hall–Kier alpha value is -3.33. The van der Waals surface area contributed by atoms with Crippen molar-refractivity contribution in [3.63, 3.8) is 0 Å². The molecule has 9 heteroatoms. The molecule has 0 spiro atoms. The molecule has 31 heavy (non-hydrogen) atoms. The molecular formula is C22H21N5O3S. The van der Waals surface area contributed by atoms with E-state index in [4.69, 9.17) is 4.98 Å². The number of aromatic nitrogens is 4. The van der Waals surface area contributed by atoms with Crippen LogP contribution in [0, 0.1) is 0 Å². The van der Waals surface area contributed by atoms with E-state index in [1.54, 1.807) is 29.4 Å². The first-order chi connectivity index (χ1) is 14.9. The Labute approximate surface area is 181 Å². The van der Waals surface area contributed by atoms with Gasteiger partial charge in [0, 0.05) is 39.3 Å². The van der Waals surface area contributed by atoms with Gasteiger partial charge in [-0.05, 0) is 31.0 Å². The highest BCUT2D eigenvalue weighted by Gasteiger charge is 2.27. The number of carbonyl (C=O) groups excluding carboxylic acids is 1. The highest BCUT2D eigenvalue weighted by molar-refractivity contribution is 7.18. The fraction of sp³-hybridized carbons (Fsp3) is 0.318. The van der Waals surface area contributed by atoms with Gasteiger partial charge in [-0.25, -0.2) is 14.8 Å². The number of benzene rings is 1. The zero-order valence-electron chi connectivity index (χ0n) is 17.2. The molecule has 5 rings (SSSR count). The number of aryl methyl sites for hydroxylation is 1. The van der Waals surface area contributed by atoms with Gasteiger partial charge >= 0.3 is 5.69 Å². The molecule has 0 unspecified atom stereocenters. The number of carbonyl (C=O) groups is 1. The number of piperidine rings is 1. The first kappa shape index (κ1) is 19.6. The Morgan fingerprint density at radius 3 is 2.58 bits per heavy atom. The molecule has 0 radical (unpaired) electrons. The maximum atomic E-state index is 13.1. The predicted molar refractivity (Wildman–Crippen MR) is 120 cm³/mol. The second kappa shape index (κ2) is 7.42. The molecule has 4 heterocycles. The zero-order chi connectivity index (χ0) is 21.7. The third kappa shape index (κ3) is 3.25. The van der Waals surface area contributed by atoms with Crippen molar-refractivity contribution >= 4 is 38.5 Å². The number of rotatable bonds is 2. The van der Waals surface area contributed by atoms with Gasteiger partial charge in [-0.15, -0.1) is 11.3 Å². The monoisotopic (exact) mass is 435 g/mol. The number of thiazole rings is 1. The van der Waals surface area contributed by atoms with Gasteiger partial charge in [-0.2, -0.15) is 0 Å². The van der Waals surface area contributed by atoms with Crippen molar-refractivity contribution in [3.05, 3.63) is 67.9 Å². The van der Waals surface area contributed by atoms with E-state index >= 15 is 0 Å². The van der Waals surface area contributed by atoms with Crippen LogP contribution in [0.5, 0.6) is 0 Å². The molecule has 1 fully saturated rings. The molecule has 1 aromatic carbocycles. The van der Waals surface area contributed by atoms with Crippen LogP contribution in [0.1, 0.15) is 34.1 Å². The van der Waals surface area contributed by atoms with Crippen molar-refractivity contribution < 1.29 is 4.79 Å². The zero-order valence-corrected chi connectivity index (χ0v) is 18.1. The van der Waals surface area contributed by atoms with Crippen LogP contribution >= 0.6 is 11.3 Å². The predicted octanol–water partition coefficient (Wildman–Crippen LogP) is 2.26. The SMILES string of the molecule is Cn1c(=O)c2cc(C(=O)N3CCC(c4nc5ccccc5s4)CC3)cnc2n(C)c1=O. The average molecular weight is 436 g/mol. The van der Waals surface area contributed by atoms with Crippen LogP contribution in [0.25, 0.3) is 21.3 Å². The fourth-order valence-corrected chi connectivity index (χ4v) is 5.30. The lowest BCUT2D eigenvalue weighted by Gasteiger charge is -2.31. The third-order valence-corrected chi connectivity index (χ3v) is 7.18. The number of likely N-dealkylation sites (tertiary alicyclic amines) is 1. The first-order valence-electron chi connectivity index (χ1n) is 10.1. The topological polar surface area (TPSA) is 90.1 Å². The molecule has 0 bridgehead atoms. The summed E-state index contributed by atoms with van der Waals surface area (Å²) < 4.78 is 3.53. The van der Waals surface area contributed by atoms with Crippen LogP contribution in [0.4, 0.5) is 0 Å². The Bertz CT molecular complexity index is 1410. The Morgan fingerprint density at radius 2 is 1.84 bits per heavy atom. The lowest BCUT2D eigenvalue weighted by Crippen LogP contribution is -2.39. The molecule has 1 aliphatic rings. The molecule has 0 atom stereocenters. The summed E-state index contributed by atoms with van der Waals surface area (Å²) in [6.45, 7) is 1.26. The minimum absolute atomic E-state index is 0.145. The van der Waals surface area contributed by atoms with E-state index in [1.807, 2.05) is 18.2 Å².